The van der Waals surface area contributed by atoms with Crippen molar-refractivity contribution in [2.45, 2.75) is 33.6 Å². The molecule has 118 valence electrons. The molecular formula is C17H28N2O2. The minimum absolute atomic E-state index is 0.0540. The van der Waals surface area contributed by atoms with Gasteiger partial charge in [-0.1, -0.05) is 32.9 Å². The molecule has 0 spiro atoms. The Labute approximate surface area is 128 Å². The first kappa shape index (κ1) is 17.5. The SMILES string of the molecule is CCCNc1ccccc1C(=O)NCCOCCC(C)C. The van der Waals surface area contributed by atoms with Gasteiger partial charge in [0.15, 0.2) is 0 Å². The summed E-state index contributed by atoms with van der Waals surface area (Å²) in [5.74, 6) is 0.595. The lowest BCUT2D eigenvalue weighted by molar-refractivity contribution is 0.0906. The van der Waals surface area contributed by atoms with Gasteiger partial charge in [0, 0.05) is 25.4 Å². The minimum Gasteiger partial charge on any atom is -0.384 e. The molecule has 0 unspecified atom stereocenters. The lowest BCUT2D eigenvalue weighted by Crippen LogP contribution is -2.28. The molecule has 0 bridgehead atoms. The molecule has 1 aromatic carbocycles. The van der Waals surface area contributed by atoms with E-state index < -0.39 is 0 Å². The van der Waals surface area contributed by atoms with Crippen LogP contribution in [0, 0.1) is 5.92 Å². The van der Waals surface area contributed by atoms with Crippen LogP contribution in [-0.2, 0) is 4.74 Å². The van der Waals surface area contributed by atoms with Gasteiger partial charge in [-0.2, -0.15) is 0 Å². The quantitative estimate of drug-likeness (QED) is 0.651. The molecule has 0 saturated carbocycles. The summed E-state index contributed by atoms with van der Waals surface area (Å²) in [6.45, 7) is 9.16. The molecule has 0 aromatic heterocycles. The van der Waals surface area contributed by atoms with E-state index in [1.165, 1.54) is 0 Å². The molecule has 21 heavy (non-hydrogen) atoms. The lowest BCUT2D eigenvalue weighted by atomic mass is 10.1. The number of hydrogen-bond acceptors (Lipinski definition) is 3. The molecule has 0 radical (unpaired) electrons. The van der Waals surface area contributed by atoms with Gasteiger partial charge in [-0.3, -0.25) is 4.79 Å². The number of carbonyl (C=O) groups is 1. The van der Waals surface area contributed by atoms with Crippen molar-refractivity contribution < 1.29 is 9.53 Å². The van der Waals surface area contributed by atoms with Gasteiger partial charge in [-0.25, -0.2) is 0 Å². The number of benzene rings is 1. The standard InChI is InChI=1S/C17H28N2O2/c1-4-10-18-16-8-6-5-7-15(16)17(20)19-11-13-21-12-9-14(2)3/h5-8,14,18H,4,9-13H2,1-3H3,(H,19,20). The summed E-state index contributed by atoms with van der Waals surface area (Å²) >= 11 is 0. The zero-order chi connectivity index (χ0) is 15.5. The zero-order valence-corrected chi connectivity index (χ0v) is 13.4. The van der Waals surface area contributed by atoms with Crippen molar-refractivity contribution in [2.24, 2.45) is 5.92 Å². The van der Waals surface area contributed by atoms with E-state index in [1.807, 2.05) is 24.3 Å². The molecule has 1 amide bonds. The highest BCUT2D eigenvalue weighted by Gasteiger charge is 2.09. The Morgan fingerprint density at radius 2 is 1.95 bits per heavy atom. The van der Waals surface area contributed by atoms with Crippen molar-refractivity contribution in [3.05, 3.63) is 29.8 Å². The fourth-order valence-electron chi connectivity index (χ4n) is 1.85. The second-order valence-corrected chi connectivity index (χ2v) is 5.52. The Bertz CT molecular complexity index is 419. The third kappa shape index (κ3) is 7.14. The van der Waals surface area contributed by atoms with E-state index in [2.05, 4.69) is 31.4 Å². The predicted molar refractivity (Wildman–Crippen MR) is 87.8 cm³/mol. The second kappa shape index (κ2) is 10.2. The number of anilines is 1. The predicted octanol–water partition coefficient (Wildman–Crippen LogP) is 3.30. The van der Waals surface area contributed by atoms with Gasteiger partial charge in [0.1, 0.15) is 0 Å². The molecule has 0 heterocycles. The average molecular weight is 292 g/mol. The van der Waals surface area contributed by atoms with Crippen LogP contribution < -0.4 is 10.6 Å². The molecule has 1 aromatic rings. The van der Waals surface area contributed by atoms with Gasteiger partial charge in [0.25, 0.3) is 5.91 Å². The highest BCUT2D eigenvalue weighted by atomic mass is 16.5. The molecule has 0 fully saturated rings. The summed E-state index contributed by atoms with van der Waals surface area (Å²) in [7, 11) is 0. The molecule has 1 rings (SSSR count). The Balaban J connectivity index is 2.34. The van der Waals surface area contributed by atoms with Crippen molar-refractivity contribution >= 4 is 11.6 Å². The van der Waals surface area contributed by atoms with Gasteiger partial charge in [-0.15, -0.1) is 0 Å². The Morgan fingerprint density at radius 3 is 2.67 bits per heavy atom. The third-order valence-corrected chi connectivity index (χ3v) is 3.11. The van der Waals surface area contributed by atoms with Crippen molar-refractivity contribution in [3.63, 3.8) is 0 Å². The normalized spacial score (nSPS) is 10.7. The highest BCUT2D eigenvalue weighted by Crippen LogP contribution is 2.14. The number of carbonyl (C=O) groups excluding carboxylic acids is 1. The maximum absolute atomic E-state index is 12.2. The summed E-state index contributed by atoms with van der Waals surface area (Å²) < 4.78 is 5.50. The number of nitrogens with one attached hydrogen (secondary N) is 2. The number of amides is 1. The Morgan fingerprint density at radius 1 is 1.19 bits per heavy atom. The first-order valence-corrected chi connectivity index (χ1v) is 7.84. The van der Waals surface area contributed by atoms with Crippen LogP contribution in [0.3, 0.4) is 0 Å². The van der Waals surface area contributed by atoms with Crippen LogP contribution in [0.4, 0.5) is 5.69 Å². The van der Waals surface area contributed by atoms with E-state index in [1.54, 1.807) is 0 Å². The first-order chi connectivity index (χ1) is 10.1. The summed E-state index contributed by atoms with van der Waals surface area (Å²) in [5.41, 5.74) is 1.57. The van der Waals surface area contributed by atoms with Gasteiger partial charge in [-0.05, 0) is 30.9 Å². The number of para-hydroxylation sites is 1. The van der Waals surface area contributed by atoms with Crippen LogP contribution in [0.15, 0.2) is 24.3 Å². The molecular weight excluding hydrogens is 264 g/mol. The average Bonchev–Trinajstić information content (AvgIpc) is 2.48. The highest BCUT2D eigenvalue weighted by molar-refractivity contribution is 5.99. The fourth-order valence-corrected chi connectivity index (χ4v) is 1.85. The molecule has 0 aliphatic rings. The van der Waals surface area contributed by atoms with Crippen LogP contribution in [0.5, 0.6) is 0 Å². The summed E-state index contributed by atoms with van der Waals surface area (Å²) in [6.07, 6.45) is 2.08. The molecule has 2 N–H and O–H groups in total. The smallest absolute Gasteiger partial charge is 0.253 e. The van der Waals surface area contributed by atoms with E-state index in [0.29, 0.717) is 24.6 Å². The van der Waals surface area contributed by atoms with Crippen LogP contribution in [0.2, 0.25) is 0 Å². The van der Waals surface area contributed by atoms with Crippen LogP contribution >= 0.6 is 0 Å². The Hall–Kier alpha value is -1.55. The van der Waals surface area contributed by atoms with Crippen LogP contribution in [0.1, 0.15) is 44.0 Å². The maximum Gasteiger partial charge on any atom is 0.253 e. The van der Waals surface area contributed by atoms with E-state index in [0.717, 1.165) is 31.7 Å². The van der Waals surface area contributed by atoms with E-state index >= 15 is 0 Å². The third-order valence-electron chi connectivity index (χ3n) is 3.11. The number of ether oxygens (including phenoxy) is 1. The van der Waals surface area contributed by atoms with Gasteiger partial charge < -0.3 is 15.4 Å². The van der Waals surface area contributed by atoms with Gasteiger partial charge in [0.2, 0.25) is 0 Å². The van der Waals surface area contributed by atoms with E-state index in [4.69, 9.17) is 4.74 Å². The van der Waals surface area contributed by atoms with Crippen molar-refractivity contribution in [3.8, 4) is 0 Å². The fraction of sp³-hybridized carbons (Fsp3) is 0.588. The van der Waals surface area contributed by atoms with Crippen molar-refractivity contribution in [2.75, 3.05) is 31.6 Å². The molecule has 4 nitrogen and oxygen atoms in total. The van der Waals surface area contributed by atoms with Crippen LogP contribution in [0.25, 0.3) is 0 Å². The minimum atomic E-state index is -0.0540. The summed E-state index contributed by atoms with van der Waals surface area (Å²) in [5, 5.41) is 6.17. The van der Waals surface area contributed by atoms with Gasteiger partial charge in [0.05, 0.1) is 12.2 Å². The van der Waals surface area contributed by atoms with Crippen molar-refractivity contribution in [1.82, 2.24) is 5.32 Å². The molecule has 0 aliphatic carbocycles. The first-order valence-electron chi connectivity index (χ1n) is 7.84. The van der Waals surface area contributed by atoms with Crippen molar-refractivity contribution in [1.29, 1.82) is 0 Å². The summed E-state index contributed by atoms with van der Waals surface area (Å²) in [4.78, 5) is 12.2. The summed E-state index contributed by atoms with van der Waals surface area (Å²) in [6, 6.07) is 7.59. The zero-order valence-electron chi connectivity index (χ0n) is 13.4. The monoisotopic (exact) mass is 292 g/mol. The van der Waals surface area contributed by atoms with Gasteiger partial charge >= 0.3 is 0 Å². The number of rotatable bonds is 10. The maximum atomic E-state index is 12.2. The van der Waals surface area contributed by atoms with Crippen LogP contribution in [-0.4, -0.2) is 32.2 Å². The van der Waals surface area contributed by atoms with E-state index in [9.17, 15) is 4.79 Å². The molecule has 0 aliphatic heterocycles. The molecule has 4 heteroatoms. The molecule has 0 saturated heterocycles. The second-order valence-electron chi connectivity index (χ2n) is 5.52. The lowest BCUT2D eigenvalue weighted by Gasteiger charge is -2.12. The molecule has 0 atom stereocenters. The topological polar surface area (TPSA) is 50.4 Å². The largest absolute Gasteiger partial charge is 0.384 e. The Kier molecular flexibility index (Phi) is 8.51. The number of hydrogen-bond donors (Lipinski definition) is 2. The van der Waals surface area contributed by atoms with E-state index in [-0.39, 0.29) is 5.91 Å².